The Balaban J connectivity index is 2.88. The number of aliphatic hydroxyl groups is 2. The summed E-state index contributed by atoms with van der Waals surface area (Å²) in [6, 6.07) is -0.932. The van der Waals surface area contributed by atoms with Gasteiger partial charge in [-0.2, -0.15) is 0 Å². The van der Waals surface area contributed by atoms with E-state index in [-0.39, 0.29) is 0 Å². The van der Waals surface area contributed by atoms with Crippen LogP contribution >= 0.6 is 0 Å². The molecule has 0 aliphatic carbocycles. The fraction of sp³-hybridized carbons (Fsp3) is 0.500. The molecule has 0 radical (unpaired) electrons. The van der Waals surface area contributed by atoms with Gasteiger partial charge in [-0.1, -0.05) is 0 Å². The Morgan fingerprint density at radius 1 is 1.42 bits per heavy atom. The van der Waals surface area contributed by atoms with E-state index >= 15 is 0 Å². The SMILES string of the molecule is COC(=O)CN1C=CC(O)N(C(O)C(=O)OC)C1=O. The third-order valence-corrected chi connectivity index (χ3v) is 2.39. The highest BCUT2D eigenvalue weighted by molar-refractivity contribution is 5.86. The van der Waals surface area contributed by atoms with E-state index in [1.807, 2.05) is 0 Å². The molecule has 2 N–H and O–H groups in total. The summed E-state index contributed by atoms with van der Waals surface area (Å²) >= 11 is 0. The lowest BCUT2D eigenvalue weighted by Gasteiger charge is -2.35. The summed E-state index contributed by atoms with van der Waals surface area (Å²) in [5.74, 6) is -1.80. The van der Waals surface area contributed by atoms with Crippen molar-refractivity contribution in [1.82, 2.24) is 9.80 Å². The van der Waals surface area contributed by atoms with Crippen LogP contribution in [0.4, 0.5) is 4.79 Å². The maximum absolute atomic E-state index is 11.9. The molecule has 1 heterocycles. The van der Waals surface area contributed by atoms with Crippen molar-refractivity contribution in [2.24, 2.45) is 0 Å². The normalized spacial score (nSPS) is 20.2. The fourth-order valence-electron chi connectivity index (χ4n) is 1.39. The topological polar surface area (TPSA) is 117 Å². The molecule has 0 aromatic rings. The lowest BCUT2D eigenvalue weighted by molar-refractivity contribution is -0.165. The Bertz CT molecular complexity index is 409. The predicted molar refractivity (Wildman–Crippen MR) is 59.1 cm³/mol. The molecule has 106 valence electrons. The van der Waals surface area contributed by atoms with Crippen molar-refractivity contribution < 1.29 is 34.1 Å². The van der Waals surface area contributed by atoms with Crippen molar-refractivity contribution in [2.45, 2.75) is 12.5 Å². The van der Waals surface area contributed by atoms with Gasteiger partial charge in [0, 0.05) is 6.20 Å². The number of urea groups is 1. The zero-order valence-corrected chi connectivity index (χ0v) is 10.3. The second-order valence-corrected chi connectivity index (χ2v) is 3.55. The molecular formula is C10H14N2O7. The Morgan fingerprint density at radius 3 is 2.58 bits per heavy atom. The maximum atomic E-state index is 11.9. The van der Waals surface area contributed by atoms with Crippen molar-refractivity contribution in [3.63, 3.8) is 0 Å². The monoisotopic (exact) mass is 274 g/mol. The molecule has 19 heavy (non-hydrogen) atoms. The first-order valence-corrected chi connectivity index (χ1v) is 5.20. The first kappa shape index (κ1) is 14.9. The van der Waals surface area contributed by atoms with Crippen molar-refractivity contribution in [2.75, 3.05) is 20.8 Å². The number of aliphatic hydroxyl groups excluding tert-OH is 2. The van der Waals surface area contributed by atoms with Gasteiger partial charge in [-0.25, -0.2) is 9.59 Å². The van der Waals surface area contributed by atoms with Gasteiger partial charge >= 0.3 is 18.0 Å². The van der Waals surface area contributed by atoms with Gasteiger partial charge in [0.25, 0.3) is 0 Å². The molecule has 1 aliphatic heterocycles. The summed E-state index contributed by atoms with van der Waals surface area (Å²) in [6.07, 6.45) is -1.20. The van der Waals surface area contributed by atoms with E-state index in [9.17, 15) is 24.6 Å². The van der Waals surface area contributed by atoms with Gasteiger partial charge < -0.3 is 19.7 Å². The van der Waals surface area contributed by atoms with Crippen LogP contribution in [0.1, 0.15) is 0 Å². The molecule has 0 fully saturated rings. The maximum Gasteiger partial charge on any atom is 0.356 e. The van der Waals surface area contributed by atoms with Crippen molar-refractivity contribution in [1.29, 1.82) is 0 Å². The van der Waals surface area contributed by atoms with Crippen LogP contribution < -0.4 is 0 Å². The molecule has 1 rings (SSSR count). The van der Waals surface area contributed by atoms with Crippen LogP contribution in [-0.4, -0.2) is 71.2 Å². The molecular weight excluding hydrogens is 260 g/mol. The number of rotatable bonds is 4. The van der Waals surface area contributed by atoms with Crippen LogP contribution in [0.3, 0.4) is 0 Å². The number of esters is 2. The van der Waals surface area contributed by atoms with E-state index < -0.39 is 37.0 Å². The van der Waals surface area contributed by atoms with E-state index in [2.05, 4.69) is 9.47 Å². The second-order valence-electron chi connectivity index (χ2n) is 3.55. The molecule has 0 aromatic carbocycles. The number of hydrogen-bond donors (Lipinski definition) is 2. The molecule has 0 spiro atoms. The quantitative estimate of drug-likeness (QED) is 0.582. The van der Waals surface area contributed by atoms with Crippen molar-refractivity contribution >= 4 is 18.0 Å². The zero-order chi connectivity index (χ0) is 14.6. The fourth-order valence-corrected chi connectivity index (χ4v) is 1.39. The summed E-state index contributed by atoms with van der Waals surface area (Å²) in [7, 11) is 2.17. The molecule has 2 unspecified atom stereocenters. The largest absolute Gasteiger partial charge is 0.468 e. The molecule has 1 aliphatic rings. The molecule has 9 heteroatoms. The summed E-state index contributed by atoms with van der Waals surface area (Å²) < 4.78 is 8.66. The number of amides is 2. The van der Waals surface area contributed by atoms with Gasteiger partial charge in [-0.15, -0.1) is 0 Å². The third-order valence-electron chi connectivity index (χ3n) is 2.39. The van der Waals surface area contributed by atoms with E-state index in [1.54, 1.807) is 0 Å². The average Bonchev–Trinajstić information content (AvgIpc) is 2.40. The Morgan fingerprint density at radius 2 is 2.05 bits per heavy atom. The first-order valence-electron chi connectivity index (χ1n) is 5.20. The summed E-state index contributed by atoms with van der Waals surface area (Å²) in [5.41, 5.74) is 0. The van der Waals surface area contributed by atoms with Crippen molar-refractivity contribution in [3.8, 4) is 0 Å². The summed E-state index contributed by atoms with van der Waals surface area (Å²) in [5, 5.41) is 19.2. The van der Waals surface area contributed by atoms with Gasteiger partial charge in [0.05, 0.1) is 14.2 Å². The van der Waals surface area contributed by atoms with Crippen LogP contribution in [0.2, 0.25) is 0 Å². The second kappa shape index (κ2) is 6.16. The predicted octanol–water partition coefficient (Wildman–Crippen LogP) is -1.78. The number of ether oxygens (including phenoxy) is 2. The first-order chi connectivity index (χ1) is 8.92. The Labute approximate surface area is 108 Å². The van der Waals surface area contributed by atoms with Crippen LogP contribution in [0.25, 0.3) is 0 Å². The Kier molecular flexibility index (Phi) is 4.84. The number of hydrogen-bond acceptors (Lipinski definition) is 7. The zero-order valence-electron chi connectivity index (χ0n) is 10.3. The van der Waals surface area contributed by atoms with Gasteiger partial charge in [0.1, 0.15) is 6.54 Å². The number of carbonyl (C=O) groups excluding carboxylic acids is 3. The van der Waals surface area contributed by atoms with Gasteiger partial charge in [-0.05, 0) is 6.08 Å². The van der Waals surface area contributed by atoms with Gasteiger partial charge in [0.2, 0.25) is 6.23 Å². The summed E-state index contributed by atoms with van der Waals surface area (Å²) in [4.78, 5) is 35.5. The van der Waals surface area contributed by atoms with E-state index in [0.717, 1.165) is 31.4 Å². The lowest BCUT2D eigenvalue weighted by atomic mass is 10.3. The lowest BCUT2D eigenvalue weighted by Crippen LogP contribution is -2.57. The van der Waals surface area contributed by atoms with Crippen LogP contribution in [0.15, 0.2) is 12.3 Å². The number of carbonyl (C=O) groups is 3. The standard InChI is InChI=1S/C10H14N2O7/c1-18-7(14)5-11-4-3-6(13)12(10(11)17)8(15)9(16)19-2/h3-4,6,8,13,15H,5H2,1-2H3. The average molecular weight is 274 g/mol. The van der Waals surface area contributed by atoms with Crippen LogP contribution in [-0.2, 0) is 19.1 Å². The highest BCUT2D eigenvalue weighted by Gasteiger charge is 2.38. The smallest absolute Gasteiger partial charge is 0.356 e. The van der Waals surface area contributed by atoms with E-state index in [0.29, 0.717) is 4.90 Å². The summed E-state index contributed by atoms with van der Waals surface area (Å²) in [6.45, 7) is -0.414. The molecule has 0 aromatic heterocycles. The van der Waals surface area contributed by atoms with Crippen molar-refractivity contribution in [3.05, 3.63) is 12.3 Å². The molecule has 0 bridgehead atoms. The van der Waals surface area contributed by atoms with Crippen LogP contribution in [0, 0.1) is 0 Å². The van der Waals surface area contributed by atoms with E-state index in [4.69, 9.17) is 0 Å². The van der Waals surface area contributed by atoms with Gasteiger partial charge in [0.15, 0.2) is 6.23 Å². The van der Waals surface area contributed by atoms with E-state index in [1.165, 1.54) is 0 Å². The molecule has 0 saturated heterocycles. The highest BCUT2D eigenvalue weighted by Crippen LogP contribution is 2.15. The minimum absolute atomic E-state index is 0.414. The molecule has 9 nitrogen and oxygen atoms in total. The minimum atomic E-state index is -1.97. The minimum Gasteiger partial charge on any atom is -0.468 e. The molecule has 0 saturated carbocycles. The molecule has 2 atom stereocenters. The highest BCUT2D eigenvalue weighted by atomic mass is 16.5. The van der Waals surface area contributed by atoms with Gasteiger partial charge in [-0.3, -0.25) is 14.6 Å². The van der Waals surface area contributed by atoms with Crippen LogP contribution in [0.5, 0.6) is 0 Å². The molecule has 2 amide bonds. The Hall–Kier alpha value is -2.13. The third kappa shape index (κ3) is 3.20. The number of methoxy groups -OCH3 is 2. The number of nitrogens with zero attached hydrogens (tertiary/aromatic N) is 2.